The minimum atomic E-state index is 0.390. The largest absolute Gasteiger partial charge is 0.436 e. The minimum absolute atomic E-state index is 0.390. The topological polar surface area (TPSA) is 21.3 Å². The first kappa shape index (κ1) is 8.05. The molecule has 1 atom stereocenters. The van der Waals surface area contributed by atoms with Gasteiger partial charge in [0.25, 0.3) is 5.17 Å². The number of thiocarbonyl (C=S) groups is 1. The van der Waals surface area contributed by atoms with E-state index in [4.69, 9.17) is 17.0 Å². The molecule has 1 unspecified atom stereocenters. The number of rotatable bonds is 0. The van der Waals surface area contributed by atoms with Crippen LogP contribution in [0.5, 0.6) is 0 Å². The van der Waals surface area contributed by atoms with Gasteiger partial charge in [0.2, 0.25) is 0 Å². The molecule has 0 aromatic heterocycles. The van der Waals surface area contributed by atoms with Gasteiger partial charge < -0.3 is 10.1 Å². The van der Waals surface area contributed by atoms with E-state index in [1.54, 1.807) is 0 Å². The van der Waals surface area contributed by atoms with E-state index >= 15 is 0 Å². The van der Waals surface area contributed by atoms with E-state index in [0.717, 1.165) is 12.2 Å². The maximum atomic E-state index is 5.46. The Kier molecular flexibility index (Phi) is 2.05. The van der Waals surface area contributed by atoms with Crippen molar-refractivity contribution in [3.8, 4) is 0 Å². The Morgan fingerprint density at radius 3 is 3.00 bits per heavy atom. The first-order chi connectivity index (χ1) is 5.77. The highest BCUT2D eigenvalue weighted by atomic mass is 32.1. The van der Waals surface area contributed by atoms with Gasteiger partial charge in [0.15, 0.2) is 0 Å². The number of nitrogens with one attached hydrogen (secondary N) is 1. The normalized spacial score (nSPS) is 29.1. The molecule has 1 N–H and O–H groups in total. The average molecular weight is 183 g/mol. The van der Waals surface area contributed by atoms with Crippen molar-refractivity contribution in [2.45, 2.75) is 38.6 Å². The zero-order valence-corrected chi connectivity index (χ0v) is 8.04. The summed E-state index contributed by atoms with van der Waals surface area (Å²) in [5, 5.41) is 3.67. The second-order valence-electron chi connectivity index (χ2n) is 3.41. The molecule has 0 aromatic rings. The zero-order chi connectivity index (χ0) is 8.55. The fourth-order valence-electron chi connectivity index (χ4n) is 1.88. The van der Waals surface area contributed by atoms with Crippen LogP contribution in [0, 0.1) is 0 Å². The number of hydrogen-bond acceptors (Lipinski definition) is 2. The Morgan fingerprint density at radius 1 is 1.42 bits per heavy atom. The van der Waals surface area contributed by atoms with Crippen LogP contribution in [0.1, 0.15) is 32.6 Å². The lowest BCUT2D eigenvalue weighted by molar-refractivity contribution is 0.322. The first-order valence-electron chi connectivity index (χ1n) is 4.47. The number of allylic oxidation sites excluding steroid dienone is 1. The summed E-state index contributed by atoms with van der Waals surface area (Å²) in [4.78, 5) is 0. The van der Waals surface area contributed by atoms with Gasteiger partial charge in [-0.05, 0) is 44.0 Å². The van der Waals surface area contributed by atoms with Gasteiger partial charge in [0.05, 0.1) is 6.04 Å². The molecule has 0 saturated carbocycles. The highest BCUT2D eigenvalue weighted by Gasteiger charge is 2.25. The van der Waals surface area contributed by atoms with Crippen molar-refractivity contribution in [3.63, 3.8) is 0 Å². The molecule has 3 heteroatoms. The molecule has 0 saturated heterocycles. The van der Waals surface area contributed by atoms with Crippen LogP contribution in [-0.4, -0.2) is 11.2 Å². The summed E-state index contributed by atoms with van der Waals surface area (Å²) in [6, 6.07) is 0.390. The average Bonchev–Trinajstić information content (AvgIpc) is 2.04. The first-order valence-corrected chi connectivity index (χ1v) is 4.88. The lowest BCUT2D eigenvalue weighted by Gasteiger charge is -2.31. The molecule has 0 aromatic carbocycles. The molecule has 2 rings (SSSR count). The summed E-state index contributed by atoms with van der Waals surface area (Å²) in [6.45, 7) is 2.15. The Morgan fingerprint density at radius 2 is 2.17 bits per heavy atom. The third-order valence-electron chi connectivity index (χ3n) is 2.53. The van der Waals surface area contributed by atoms with Crippen molar-refractivity contribution >= 4 is 17.4 Å². The van der Waals surface area contributed by atoms with Crippen molar-refractivity contribution in [3.05, 3.63) is 11.3 Å². The van der Waals surface area contributed by atoms with Gasteiger partial charge in [-0.2, -0.15) is 0 Å². The molecule has 66 valence electrons. The number of hydrogen-bond donors (Lipinski definition) is 1. The summed E-state index contributed by atoms with van der Waals surface area (Å²) in [6.07, 6.45) is 4.78. The smallest absolute Gasteiger partial charge is 0.262 e. The van der Waals surface area contributed by atoms with Crippen molar-refractivity contribution in [2.75, 3.05) is 0 Å². The Labute approximate surface area is 78.0 Å². The maximum absolute atomic E-state index is 5.46. The summed E-state index contributed by atoms with van der Waals surface area (Å²) in [5.74, 6) is 1.14. The fraction of sp³-hybridized carbons (Fsp3) is 0.667. The lowest BCUT2D eigenvalue weighted by atomic mass is 9.92. The van der Waals surface area contributed by atoms with Crippen LogP contribution in [0.25, 0.3) is 0 Å². The van der Waals surface area contributed by atoms with Gasteiger partial charge in [-0.15, -0.1) is 0 Å². The van der Waals surface area contributed by atoms with E-state index in [0.29, 0.717) is 11.2 Å². The lowest BCUT2D eigenvalue weighted by Crippen LogP contribution is -2.40. The van der Waals surface area contributed by atoms with Gasteiger partial charge in [-0.25, -0.2) is 0 Å². The van der Waals surface area contributed by atoms with Crippen molar-refractivity contribution in [1.29, 1.82) is 0 Å². The van der Waals surface area contributed by atoms with Crippen LogP contribution in [0.15, 0.2) is 11.3 Å². The molecule has 0 amide bonds. The molecule has 1 heterocycles. The Bertz CT molecular complexity index is 247. The summed E-state index contributed by atoms with van der Waals surface area (Å²) < 4.78 is 5.46. The van der Waals surface area contributed by atoms with Crippen molar-refractivity contribution in [2.24, 2.45) is 0 Å². The molecule has 1 aliphatic heterocycles. The molecule has 0 fully saturated rings. The second kappa shape index (κ2) is 3.05. The fourth-order valence-corrected chi connectivity index (χ4v) is 2.16. The van der Waals surface area contributed by atoms with E-state index in [1.807, 2.05) is 0 Å². The molecule has 12 heavy (non-hydrogen) atoms. The van der Waals surface area contributed by atoms with Gasteiger partial charge in [-0.3, -0.25) is 0 Å². The third-order valence-corrected chi connectivity index (χ3v) is 2.73. The van der Waals surface area contributed by atoms with Crippen LogP contribution in [-0.2, 0) is 4.74 Å². The molecule has 0 bridgehead atoms. The number of ether oxygens (including phenoxy) is 1. The van der Waals surface area contributed by atoms with E-state index in [-0.39, 0.29) is 0 Å². The summed E-state index contributed by atoms with van der Waals surface area (Å²) >= 11 is 4.98. The Balaban J connectivity index is 2.26. The van der Waals surface area contributed by atoms with Gasteiger partial charge in [0, 0.05) is 6.42 Å². The van der Waals surface area contributed by atoms with Crippen molar-refractivity contribution in [1.82, 2.24) is 5.32 Å². The SMILES string of the molecule is CC1NC(=S)OC2=C1CCCC2. The molecular formula is C9H13NOS. The van der Waals surface area contributed by atoms with Crippen LogP contribution in [0.3, 0.4) is 0 Å². The van der Waals surface area contributed by atoms with Gasteiger partial charge >= 0.3 is 0 Å². The highest BCUT2D eigenvalue weighted by Crippen LogP contribution is 2.30. The highest BCUT2D eigenvalue weighted by molar-refractivity contribution is 7.80. The van der Waals surface area contributed by atoms with Crippen LogP contribution in [0.4, 0.5) is 0 Å². The van der Waals surface area contributed by atoms with E-state index in [1.165, 1.54) is 24.8 Å². The minimum Gasteiger partial charge on any atom is -0.436 e. The Hall–Kier alpha value is -0.570. The van der Waals surface area contributed by atoms with Crippen LogP contribution >= 0.6 is 12.2 Å². The molecule has 1 aliphatic carbocycles. The van der Waals surface area contributed by atoms with Gasteiger partial charge in [0.1, 0.15) is 5.76 Å². The van der Waals surface area contributed by atoms with E-state index < -0.39 is 0 Å². The second-order valence-corrected chi connectivity index (χ2v) is 3.78. The summed E-state index contributed by atoms with van der Waals surface area (Å²) in [5.41, 5.74) is 1.43. The van der Waals surface area contributed by atoms with Crippen molar-refractivity contribution < 1.29 is 4.74 Å². The molecule has 0 radical (unpaired) electrons. The molecular weight excluding hydrogens is 170 g/mol. The van der Waals surface area contributed by atoms with Crippen LogP contribution in [0.2, 0.25) is 0 Å². The quantitative estimate of drug-likeness (QED) is 0.581. The van der Waals surface area contributed by atoms with E-state index in [9.17, 15) is 0 Å². The molecule has 2 nitrogen and oxygen atoms in total. The molecule has 2 aliphatic rings. The van der Waals surface area contributed by atoms with E-state index in [2.05, 4.69) is 12.2 Å². The monoisotopic (exact) mass is 183 g/mol. The maximum Gasteiger partial charge on any atom is 0.262 e. The predicted molar refractivity (Wildman–Crippen MR) is 51.8 cm³/mol. The predicted octanol–water partition coefficient (Wildman–Crippen LogP) is 2.11. The standard InChI is InChI=1S/C9H13NOS/c1-6-7-4-2-3-5-8(7)11-9(12)10-6/h6H,2-5H2,1H3,(H,10,12). The van der Waals surface area contributed by atoms with Crippen LogP contribution < -0.4 is 5.32 Å². The summed E-state index contributed by atoms with van der Waals surface area (Å²) in [7, 11) is 0. The molecule has 0 spiro atoms. The third kappa shape index (κ3) is 1.33. The zero-order valence-electron chi connectivity index (χ0n) is 7.22. The van der Waals surface area contributed by atoms with Gasteiger partial charge in [-0.1, -0.05) is 0 Å².